The van der Waals surface area contributed by atoms with Crippen LogP contribution < -0.4 is 0 Å². The molecule has 0 aromatic heterocycles. The molecular formula is C18H24Cl2N6P2Pd. The van der Waals surface area contributed by atoms with Crippen molar-refractivity contribution >= 4 is 34.9 Å². The van der Waals surface area contributed by atoms with Crippen molar-refractivity contribution in [1.82, 2.24) is 0 Å². The van der Waals surface area contributed by atoms with Crippen LogP contribution >= 0.6 is 34.9 Å². The van der Waals surface area contributed by atoms with Crippen molar-refractivity contribution in [3.63, 3.8) is 0 Å². The van der Waals surface area contributed by atoms with Crippen LogP contribution in [0, 0.1) is 68.0 Å². The fraction of sp³-hybridized carbons (Fsp3) is 0.667. The summed E-state index contributed by atoms with van der Waals surface area (Å²) in [5.41, 5.74) is 0. The quantitative estimate of drug-likeness (QED) is 0.217. The summed E-state index contributed by atoms with van der Waals surface area (Å²) in [4.78, 5) is 0. The molecule has 0 aliphatic heterocycles. The van der Waals surface area contributed by atoms with Crippen molar-refractivity contribution < 1.29 is 15.9 Å². The predicted molar refractivity (Wildman–Crippen MR) is 116 cm³/mol. The molecule has 0 aliphatic carbocycles. The summed E-state index contributed by atoms with van der Waals surface area (Å²) >= 11 is -0.106. The first-order valence-corrected chi connectivity index (χ1v) is 16.4. The number of nitriles is 6. The van der Waals surface area contributed by atoms with Crippen molar-refractivity contribution in [2.24, 2.45) is 0 Å². The zero-order chi connectivity index (χ0) is 22.6. The Labute approximate surface area is 193 Å². The van der Waals surface area contributed by atoms with E-state index >= 15 is 0 Å². The minimum atomic E-state index is -0.246. The first-order chi connectivity index (χ1) is 14.1. The standard InChI is InChI=1S/2C9H12N3P.2ClH.Pd/c2*10-4-1-7-13(8-2-5-11)9-3-6-12;;;/h2*1-3,7-9H2;2*1H;/q;;;;+2/p-2. The number of hydrogen-bond acceptors (Lipinski definition) is 6. The van der Waals surface area contributed by atoms with Crippen LogP contribution in [0.2, 0.25) is 0 Å². The van der Waals surface area contributed by atoms with Crippen LogP contribution in [0.15, 0.2) is 0 Å². The Balaban J connectivity index is -0.000000410. The first kappa shape index (κ1) is 32.7. The van der Waals surface area contributed by atoms with Crippen molar-refractivity contribution in [3.8, 4) is 36.4 Å². The summed E-state index contributed by atoms with van der Waals surface area (Å²) < 4.78 is 0. The Kier molecular flexibility index (Phi) is 35.8. The van der Waals surface area contributed by atoms with Crippen LogP contribution in [0.3, 0.4) is 0 Å². The van der Waals surface area contributed by atoms with Crippen LogP contribution in [0.4, 0.5) is 0 Å². The number of rotatable bonds is 12. The van der Waals surface area contributed by atoms with Gasteiger partial charge >= 0.3 is 35.0 Å². The molecule has 0 atom stereocenters. The maximum absolute atomic E-state index is 8.40. The molecule has 6 nitrogen and oxygen atoms in total. The number of hydrogen-bond donors (Lipinski definition) is 0. The molecule has 0 aromatic rings. The van der Waals surface area contributed by atoms with E-state index in [2.05, 4.69) is 36.4 Å². The average molecular weight is 564 g/mol. The second-order valence-corrected chi connectivity index (χ2v) is 12.9. The summed E-state index contributed by atoms with van der Waals surface area (Å²) in [6.45, 7) is 0. The Hall–Kier alpha value is -0.958. The molecule has 0 N–H and O–H groups in total. The fourth-order valence-electron chi connectivity index (χ4n) is 1.92. The molecule has 0 aromatic carbocycles. The topological polar surface area (TPSA) is 143 Å². The molecule has 0 amide bonds. The second kappa shape index (κ2) is 31.7. The zero-order valence-corrected chi connectivity index (χ0v) is 21.0. The Morgan fingerprint density at radius 2 is 0.586 bits per heavy atom. The molecule has 0 aliphatic rings. The molecule has 0 unspecified atom stereocenters. The van der Waals surface area contributed by atoms with Gasteiger partial charge in [-0.3, -0.25) is 0 Å². The fourth-order valence-corrected chi connectivity index (χ4v) is 5.76. The Bertz CT molecular complexity index is 486. The molecule has 0 fully saturated rings. The molecule has 11 heteroatoms. The predicted octanol–water partition coefficient (Wildman–Crippen LogP) is 5.80. The summed E-state index contributed by atoms with van der Waals surface area (Å²) in [6, 6.07) is 12.6. The van der Waals surface area contributed by atoms with E-state index in [1.807, 2.05) is 0 Å². The van der Waals surface area contributed by atoms with E-state index in [4.69, 9.17) is 50.6 Å². The van der Waals surface area contributed by atoms with Gasteiger partial charge in [-0.15, -0.1) is 15.8 Å². The van der Waals surface area contributed by atoms with E-state index in [9.17, 15) is 0 Å². The summed E-state index contributed by atoms with van der Waals surface area (Å²) in [5.74, 6) is 0. The molecule has 29 heavy (non-hydrogen) atoms. The van der Waals surface area contributed by atoms with Gasteiger partial charge in [0.05, 0.1) is 36.4 Å². The van der Waals surface area contributed by atoms with Crippen LogP contribution in [-0.4, -0.2) is 37.0 Å². The van der Waals surface area contributed by atoms with Gasteiger partial charge in [0.1, 0.15) is 0 Å². The molecule has 160 valence electrons. The average Bonchev–Trinajstić information content (AvgIpc) is 2.73. The Morgan fingerprint density at radius 3 is 0.690 bits per heavy atom. The third kappa shape index (κ3) is 31.9. The third-order valence-electron chi connectivity index (χ3n) is 3.24. The molecule has 0 rings (SSSR count). The molecule has 0 bridgehead atoms. The second-order valence-electron chi connectivity index (χ2n) is 5.18. The van der Waals surface area contributed by atoms with Gasteiger partial charge in [0.2, 0.25) is 0 Å². The maximum atomic E-state index is 8.40. The van der Waals surface area contributed by atoms with Crippen LogP contribution in [-0.2, 0) is 15.9 Å². The monoisotopic (exact) mass is 562 g/mol. The third-order valence-corrected chi connectivity index (χ3v) is 8.38. The van der Waals surface area contributed by atoms with Gasteiger partial charge in [0, 0.05) is 38.5 Å². The van der Waals surface area contributed by atoms with Gasteiger partial charge in [0.15, 0.2) is 0 Å². The van der Waals surface area contributed by atoms with Gasteiger partial charge in [-0.25, -0.2) is 0 Å². The molecule has 0 heterocycles. The van der Waals surface area contributed by atoms with Gasteiger partial charge in [0.25, 0.3) is 0 Å². The first-order valence-electron chi connectivity index (χ1n) is 8.60. The minimum absolute atomic E-state index is 0.106. The van der Waals surface area contributed by atoms with E-state index < -0.39 is 0 Å². The molecule has 0 saturated carbocycles. The summed E-state index contributed by atoms with van der Waals surface area (Å²) in [6.07, 6.45) is 8.65. The number of nitrogens with zero attached hydrogens (tertiary/aromatic N) is 6. The molecular weight excluding hydrogens is 540 g/mol. The van der Waals surface area contributed by atoms with E-state index in [0.717, 1.165) is 37.0 Å². The van der Waals surface area contributed by atoms with E-state index in [0.29, 0.717) is 38.5 Å². The van der Waals surface area contributed by atoms with E-state index in [-0.39, 0.29) is 31.8 Å². The van der Waals surface area contributed by atoms with Gasteiger partial charge < -0.3 is 0 Å². The van der Waals surface area contributed by atoms with Crippen LogP contribution in [0.25, 0.3) is 0 Å². The van der Waals surface area contributed by atoms with Gasteiger partial charge in [-0.05, 0) is 37.0 Å². The van der Waals surface area contributed by atoms with Gasteiger partial charge in [-0.2, -0.15) is 31.6 Å². The summed E-state index contributed by atoms with van der Waals surface area (Å²) in [7, 11) is 9.14. The molecule has 0 saturated heterocycles. The zero-order valence-electron chi connectivity index (χ0n) is 16.1. The van der Waals surface area contributed by atoms with Crippen molar-refractivity contribution in [3.05, 3.63) is 0 Å². The Morgan fingerprint density at radius 1 is 0.448 bits per heavy atom. The van der Waals surface area contributed by atoms with Crippen LogP contribution in [0.1, 0.15) is 38.5 Å². The van der Waals surface area contributed by atoms with Crippen LogP contribution in [0.5, 0.6) is 0 Å². The van der Waals surface area contributed by atoms with Crippen molar-refractivity contribution in [1.29, 1.82) is 31.6 Å². The van der Waals surface area contributed by atoms with Gasteiger partial charge in [-0.1, -0.05) is 0 Å². The van der Waals surface area contributed by atoms with Crippen molar-refractivity contribution in [2.75, 3.05) is 37.0 Å². The van der Waals surface area contributed by atoms with Crippen molar-refractivity contribution in [2.45, 2.75) is 38.5 Å². The van der Waals surface area contributed by atoms with E-state index in [1.165, 1.54) is 0 Å². The summed E-state index contributed by atoms with van der Waals surface area (Å²) in [5, 5.41) is 50.4. The number of halogens is 2. The molecule has 0 spiro atoms. The normalized spacial score (nSPS) is 8.62. The van der Waals surface area contributed by atoms with E-state index in [1.54, 1.807) is 0 Å². The molecule has 0 radical (unpaired) electrons. The SMILES string of the molecule is N#CCCP(CCC#N)CCC#N.N#CCCP(CCC#N)CCC#N.[Cl][Pd][Cl].